The predicted molar refractivity (Wildman–Crippen MR) is 165 cm³/mol. The number of fused-ring (bicyclic) bond motifs is 2. The lowest BCUT2D eigenvalue weighted by atomic mass is 10.1. The molecule has 0 spiro atoms. The molecule has 1 amide bonds. The van der Waals surface area contributed by atoms with Gasteiger partial charge in [0.05, 0.1) is 23.7 Å². The highest BCUT2D eigenvalue weighted by atomic mass is 16.4. The van der Waals surface area contributed by atoms with Crippen LogP contribution in [-0.4, -0.2) is 87.7 Å². The van der Waals surface area contributed by atoms with Crippen LogP contribution in [-0.2, 0) is 6.42 Å². The van der Waals surface area contributed by atoms with Gasteiger partial charge in [0.1, 0.15) is 29.2 Å². The molecule has 2 fully saturated rings. The highest BCUT2D eigenvalue weighted by Crippen LogP contribution is 2.36. The molecule has 0 aromatic carbocycles. The topological polar surface area (TPSA) is 134 Å². The lowest BCUT2D eigenvalue weighted by Gasteiger charge is -2.32. The number of pyridine rings is 1. The van der Waals surface area contributed by atoms with Crippen LogP contribution in [0.2, 0.25) is 0 Å². The van der Waals surface area contributed by atoms with Crippen molar-refractivity contribution in [1.82, 2.24) is 29.3 Å². The molecule has 12 nitrogen and oxygen atoms in total. The minimum atomic E-state index is -0.259. The molecule has 0 atom stereocenters. The van der Waals surface area contributed by atoms with E-state index in [1.54, 1.807) is 37.5 Å². The Hall–Kier alpha value is -4.71. The van der Waals surface area contributed by atoms with Crippen LogP contribution >= 0.6 is 0 Å². The van der Waals surface area contributed by atoms with E-state index in [1.807, 2.05) is 6.07 Å². The summed E-state index contributed by atoms with van der Waals surface area (Å²) in [7, 11) is 5.57. The Balaban J connectivity index is 1.20. The van der Waals surface area contributed by atoms with Gasteiger partial charge >= 0.3 is 0 Å². The number of aromatic nitrogens is 4. The molecule has 12 heteroatoms. The van der Waals surface area contributed by atoms with Crippen molar-refractivity contribution in [3.63, 3.8) is 0 Å². The fourth-order valence-electron chi connectivity index (χ4n) is 6.28. The SMILES string of the molecule is CN1CCN(c2cc(=O)c3occ(-c4cnc(Cc5ncc6cc(C(=O)N(C)C)n(C7CCCC7)c6n5)c(O)c4)c3o2)CC1. The Kier molecular flexibility index (Phi) is 7.08. The summed E-state index contributed by atoms with van der Waals surface area (Å²) in [6, 6.07) is 5.14. The molecular weight excluding hydrogens is 562 g/mol. The Morgan fingerprint density at radius 1 is 1.05 bits per heavy atom. The van der Waals surface area contributed by atoms with Crippen LogP contribution in [0.15, 0.2) is 50.5 Å². The largest absolute Gasteiger partial charge is 0.506 e. The maximum absolute atomic E-state index is 13.0. The van der Waals surface area contributed by atoms with Crippen molar-refractivity contribution < 1.29 is 18.7 Å². The predicted octanol–water partition coefficient (Wildman–Crippen LogP) is 4.06. The second-order valence-electron chi connectivity index (χ2n) is 12.0. The van der Waals surface area contributed by atoms with E-state index in [4.69, 9.17) is 13.8 Å². The van der Waals surface area contributed by atoms with E-state index >= 15 is 0 Å². The molecule has 5 aromatic rings. The summed E-state index contributed by atoms with van der Waals surface area (Å²) in [6.07, 6.45) is 9.25. The first kappa shape index (κ1) is 28.1. The summed E-state index contributed by atoms with van der Waals surface area (Å²) in [4.78, 5) is 45.7. The summed E-state index contributed by atoms with van der Waals surface area (Å²) in [5.41, 5.74) is 3.03. The molecule has 1 N–H and O–H groups in total. The Labute approximate surface area is 253 Å². The number of furan rings is 1. The van der Waals surface area contributed by atoms with Crippen LogP contribution in [0.5, 0.6) is 5.75 Å². The van der Waals surface area contributed by atoms with Crippen LogP contribution in [0.4, 0.5) is 5.88 Å². The number of piperazine rings is 1. The number of nitrogens with zero attached hydrogens (tertiary/aromatic N) is 7. The van der Waals surface area contributed by atoms with Crippen molar-refractivity contribution in [3.8, 4) is 16.9 Å². The molecule has 228 valence electrons. The minimum absolute atomic E-state index is 0.0345. The Morgan fingerprint density at radius 3 is 2.55 bits per heavy atom. The van der Waals surface area contributed by atoms with Gasteiger partial charge in [0.15, 0.2) is 11.5 Å². The molecule has 7 rings (SSSR count). The number of aromatic hydroxyl groups is 1. The molecule has 0 radical (unpaired) electrons. The van der Waals surface area contributed by atoms with Crippen molar-refractivity contribution in [2.75, 3.05) is 52.2 Å². The van der Waals surface area contributed by atoms with Gasteiger partial charge in [-0.15, -0.1) is 0 Å². The van der Waals surface area contributed by atoms with Gasteiger partial charge in [-0.1, -0.05) is 12.8 Å². The molecule has 6 heterocycles. The molecule has 2 aliphatic rings. The van der Waals surface area contributed by atoms with Gasteiger partial charge in [0.2, 0.25) is 11.0 Å². The zero-order valence-corrected chi connectivity index (χ0v) is 25.1. The normalized spacial score (nSPS) is 16.4. The van der Waals surface area contributed by atoms with Gasteiger partial charge in [-0.25, -0.2) is 9.97 Å². The number of likely N-dealkylation sites (N-methyl/N-ethyl adjacent to an activating group) is 1. The third-order valence-corrected chi connectivity index (χ3v) is 8.77. The first-order valence-electron chi connectivity index (χ1n) is 15.0. The standard InChI is InChI=1S/C32H35N7O5/c1-36(2)32(42)24-12-20-17-34-27(35-31(20)39(24)21-6-4-5-7-21)14-23-25(40)13-19(16-33-23)22-18-43-30-26(41)15-28(44-29(22)30)38-10-8-37(3)9-11-38/h12-13,15-18,21,40H,4-11,14H2,1-3H3. The molecule has 0 unspecified atom stereocenters. The maximum atomic E-state index is 13.0. The molecule has 0 bridgehead atoms. The lowest BCUT2D eigenvalue weighted by Crippen LogP contribution is -2.44. The molecule has 1 aliphatic heterocycles. The second kappa shape index (κ2) is 11.1. The maximum Gasteiger partial charge on any atom is 0.270 e. The molecule has 5 aromatic heterocycles. The van der Waals surface area contributed by atoms with E-state index in [2.05, 4.69) is 31.4 Å². The van der Waals surface area contributed by atoms with Crippen molar-refractivity contribution in [3.05, 3.63) is 64.3 Å². The second-order valence-corrected chi connectivity index (χ2v) is 12.0. The molecule has 44 heavy (non-hydrogen) atoms. The molecule has 1 saturated heterocycles. The number of hydrogen-bond acceptors (Lipinski definition) is 10. The van der Waals surface area contributed by atoms with E-state index in [0.29, 0.717) is 39.8 Å². The molecule has 1 saturated carbocycles. The van der Waals surface area contributed by atoms with E-state index in [1.165, 1.54) is 12.3 Å². The average Bonchev–Trinajstić information content (AvgIpc) is 3.77. The number of amides is 1. The number of carbonyl (C=O) groups is 1. The van der Waals surface area contributed by atoms with Crippen molar-refractivity contribution >= 4 is 34.0 Å². The van der Waals surface area contributed by atoms with Gasteiger partial charge in [-0.05, 0) is 32.0 Å². The third kappa shape index (κ3) is 4.98. The fourth-order valence-corrected chi connectivity index (χ4v) is 6.28. The summed E-state index contributed by atoms with van der Waals surface area (Å²) in [6.45, 7) is 3.25. The van der Waals surface area contributed by atoms with Crippen molar-refractivity contribution in [2.45, 2.75) is 38.1 Å². The van der Waals surface area contributed by atoms with Gasteiger partial charge in [0.25, 0.3) is 5.91 Å². The van der Waals surface area contributed by atoms with Crippen LogP contribution < -0.4 is 10.3 Å². The summed E-state index contributed by atoms with van der Waals surface area (Å²) < 4.78 is 13.9. The smallest absolute Gasteiger partial charge is 0.270 e. The zero-order valence-electron chi connectivity index (χ0n) is 25.1. The summed E-state index contributed by atoms with van der Waals surface area (Å²) in [5.74, 6) is 0.889. The van der Waals surface area contributed by atoms with E-state index in [0.717, 1.165) is 62.9 Å². The number of rotatable bonds is 6. The monoisotopic (exact) mass is 597 g/mol. The summed E-state index contributed by atoms with van der Waals surface area (Å²) in [5, 5.41) is 11.8. The van der Waals surface area contributed by atoms with E-state index in [9.17, 15) is 14.7 Å². The average molecular weight is 598 g/mol. The van der Waals surface area contributed by atoms with Crippen LogP contribution in [0, 0.1) is 0 Å². The Bertz CT molecular complexity index is 1930. The summed E-state index contributed by atoms with van der Waals surface area (Å²) >= 11 is 0. The van der Waals surface area contributed by atoms with Crippen molar-refractivity contribution in [1.29, 1.82) is 0 Å². The van der Waals surface area contributed by atoms with Gasteiger partial charge in [-0.2, -0.15) is 0 Å². The third-order valence-electron chi connectivity index (χ3n) is 8.77. The first-order valence-corrected chi connectivity index (χ1v) is 15.0. The number of anilines is 1. The number of carbonyl (C=O) groups excluding carboxylic acids is 1. The fraction of sp³-hybridized carbons (Fsp3) is 0.406. The van der Waals surface area contributed by atoms with Crippen molar-refractivity contribution in [2.24, 2.45) is 0 Å². The molecule has 1 aliphatic carbocycles. The lowest BCUT2D eigenvalue weighted by molar-refractivity contribution is 0.0815. The van der Waals surface area contributed by atoms with Crippen LogP contribution in [0.25, 0.3) is 33.3 Å². The number of hydrogen-bond donors (Lipinski definition) is 1. The first-order chi connectivity index (χ1) is 21.3. The van der Waals surface area contributed by atoms with Gasteiger partial charge < -0.3 is 33.2 Å². The quantitative estimate of drug-likeness (QED) is 0.305. The van der Waals surface area contributed by atoms with Crippen LogP contribution in [0.1, 0.15) is 53.7 Å². The van der Waals surface area contributed by atoms with Gasteiger partial charge in [-0.3, -0.25) is 14.6 Å². The minimum Gasteiger partial charge on any atom is -0.506 e. The van der Waals surface area contributed by atoms with E-state index in [-0.39, 0.29) is 35.1 Å². The highest BCUT2D eigenvalue weighted by molar-refractivity contribution is 5.97. The Morgan fingerprint density at radius 2 is 1.82 bits per heavy atom. The highest BCUT2D eigenvalue weighted by Gasteiger charge is 2.27. The molecular formula is C32H35N7O5. The van der Waals surface area contributed by atoms with Gasteiger partial charge in [0, 0.05) is 69.7 Å². The van der Waals surface area contributed by atoms with E-state index < -0.39 is 0 Å². The zero-order chi connectivity index (χ0) is 30.5. The van der Waals surface area contributed by atoms with Crippen LogP contribution in [0.3, 0.4) is 0 Å².